The van der Waals surface area contributed by atoms with Gasteiger partial charge in [-0.2, -0.15) is 4.31 Å². The van der Waals surface area contributed by atoms with E-state index in [-0.39, 0.29) is 29.6 Å². The fourth-order valence-electron chi connectivity index (χ4n) is 2.28. The zero-order chi connectivity index (χ0) is 15.6. The summed E-state index contributed by atoms with van der Waals surface area (Å²) in [5.41, 5.74) is 6.08. The van der Waals surface area contributed by atoms with Gasteiger partial charge in [0.15, 0.2) is 0 Å². The number of piperazine rings is 1. The van der Waals surface area contributed by atoms with Crippen molar-refractivity contribution in [3.05, 3.63) is 18.2 Å². The highest BCUT2D eigenvalue weighted by atomic mass is 32.2. The molecule has 1 aliphatic rings. The summed E-state index contributed by atoms with van der Waals surface area (Å²) in [5.74, 6) is 0.182. The summed E-state index contributed by atoms with van der Waals surface area (Å²) in [5, 5.41) is 0. The molecule has 0 unspecified atom stereocenters. The Morgan fingerprint density at radius 1 is 1.24 bits per heavy atom. The van der Waals surface area contributed by atoms with Gasteiger partial charge in [0.25, 0.3) is 0 Å². The second kappa shape index (κ2) is 5.90. The largest absolute Gasteiger partial charge is 0.495 e. The van der Waals surface area contributed by atoms with E-state index in [1.165, 1.54) is 36.5 Å². The van der Waals surface area contributed by atoms with Gasteiger partial charge in [0, 0.05) is 44.9 Å². The van der Waals surface area contributed by atoms with Crippen molar-refractivity contribution in [3.63, 3.8) is 0 Å². The SMILES string of the molecule is COc1cc(N)ccc1S(=O)(=O)N1CCN(C(C)=O)CC1. The van der Waals surface area contributed by atoms with Gasteiger partial charge in [-0.05, 0) is 12.1 Å². The predicted octanol–water partition coefficient (Wildman–Crippen LogP) is 0.130. The Morgan fingerprint density at radius 2 is 1.86 bits per heavy atom. The quantitative estimate of drug-likeness (QED) is 0.801. The van der Waals surface area contributed by atoms with E-state index in [4.69, 9.17) is 10.5 Å². The van der Waals surface area contributed by atoms with E-state index in [2.05, 4.69) is 0 Å². The average Bonchev–Trinajstić information content (AvgIpc) is 2.46. The van der Waals surface area contributed by atoms with Crippen LogP contribution in [0.5, 0.6) is 5.75 Å². The Kier molecular flexibility index (Phi) is 4.38. The maximum atomic E-state index is 12.7. The fourth-order valence-corrected chi connectivity index (χ4v) is 3.84. The molecule has 0 bridgehead atoms. The van der Waals surface area contributed by atoms with Crippen LogP contribution in [0.4, 0.5) is 5.69 Å². The molecule has 0 atom stereocenters. The predicted molar refractivity (Wildman–Crippen MR) is 78.4 cm³/mol. The Morgan fingerprint density at radius 3 is 2.38 bits per heavy atom. The number of nitrogen functional groups attached to an aromatic ring is 1. The molecule has 0 saturated carbocycles. The topological polar surface area (TPSA) is 92.9 Å². The van der Waals surface area contributed by atoms with Crippen LogP contribution in [-0.4, -0.2) is 56.8 Å². The van der Waals surface area contributed by atoms with Gasteiger partial charge in [0.05, 0.1) is 7.11 Å². The monoisotopic (exact) mass is 313 g/mol. The molecule has 0 aromatic heterocycles. The second-order valence-electron chi connectivity index (χ2n) is 4.82. The first-order valence-electron chi connectivity index (χ1n) is 6.55. The molecule has 0 spiro atoms. The molecular weight excluding hydrogens is 294 g/mol. The van der Waals surface area contributed by atoms with Crippen LogP contribution in [0.3, 0.4) is 0 Å². The molecule has 1 aliphatic heterocycles. The van der Waals surface area contributed by atoms with Crippen molar-refractivity contribution in [1.29, 1.82) is 0 Å². The average molecular weight is 313 g/mol. The summed E-state index contributed by atoms with van der Waals surface area (Å²) < 4.78 is 31.8. The van der Waals surface area contributed by atoms with Crippen LogP contribution < -0.4 is 10.5 Å². The lowest BCUT2D eigenvalue weighted by Crippen LogP contribution is -2.49. The zero-order valence-corrected chi connectivity index (χ0v) is 12.9. The Bertz CT molecular complexity index is 637. The molecule has 0 aliphatic carbocycles. The molecule has 1 aromatic carbocycles. The molecule has 2 rings (SSSR count). The number of carbonyl (C=O) groups is 1. The highest BCUT2D eigenvalue weighted by Gasteiger charge is 2.31. The molecule has 1 fully saturated rings. The first-order valence-corrected chi connectivity index (χ1v) is 7.99. The van der Waals surface area contributed by atoms with Crippen molar-refractivity contribution < 1.29 is 17.9 Å². The molecule has 0 radical (unpaired) electrons. The van der Waals surface area contributed by atoms with Crippen molar-refractivity contribution in [2.75, 3.05) is 39.0 Å². The van der Waals surface area contributed by atoms with Crippen LogP contribution >= 0.6 is 0 Å². The lowest BCUT2D eigenvalue weighted by molar-refractivity contribution is -0.129. The molecule has 1 aromatic rings. The third-order valence-corrected chi connectivity index (χ3v) is 5.43. The van der Waals surface area contributed by atoms with E-state index in [0.717, 1.165) is 0 Å². The molecule has 1 heterocycles. The fraction of sp³-hybridized carbons (Fsp3) is 0.462. The van der Waals surface area contributed by atoms with Crippen LogP contribution in [0.25, 0.3) is 0 Å². The van der Waals surface area contributed by atoms with Gasteiger partial charge in [-0.15, -0.1) is 0 Å². The number of nitrogens with zero attached hydrogens (tertiary/aromatic N) is 2. The molecule has 116 valence electrons. The highest BCUT2D eigenvalue weighted by Crippen LogP contribution is 2.29. The minimum Gasteiger partial charge on any atom is -0.495 e. The van der Waals surface area contributed by atoms with Crippen molar-refractivity contribution >= 4 is 21.6 Å². The van der Waals surface area contributed by atoms with Gasteiger partial charge in [0.2, 0.25) is 15.9 Å². The molecule has 7 nitrogen and oxygen atoms in total. The van der Waals surface area contributed by atoms with E-state index < -0.39 is 10.0 Å². The van der Waals surface area contributed by atoms with Crippen molar-refractivity contribution in [1.82, 2.24) is 9.21 Å². The van der Waals surface area contributed by atoms with Gasteiger partial charge in [-0.1, -0.05) is 0 Å². The number of hydrogen-bond acceptors (Lipinski definition) is 5. The Hall–Kier alpha value is -1.80. The van der Waals surface area contributed by atoms with E-state index in [0.29, 0.717) is 18.8 Å². The van der Waals surface area contributed by atoms with Crippen molar-refractivity contribution in [2.24, 2.45) is 0 Å². The summed E-state index contributed by atoms with van der Waals surface area (Å²) in [6, 6.07) is 4.46. The molecular formula is C13H19N3O4S. The van der Waals surface area contributed by atoms with E-state index >= 15 is 0 Å². The highest BCUT2D eigenvalue weighted by molar-refractivity contribution is 7.89. The maximum Gasteiger partial charge on any atom is 0.246 e. The van der Waals surface area contributed by atoms with Crippen LogP contribution in [-0.2, 0) is 14.8 Å². The number of ether oxygens (including phenoxy) is 1. The number of sulfonamides is 1. The van der Waals surface area contributed by atoms with Crippen LogP contribution in [0.1, 0.15) is 6.92 Å². The number of hydrogen-bond donors (Lipinski definition) is 1. The number of benzene rings is 1. The number of anilines is 1. The summed E-state index contributed by atoms with van der Waals surface area (Å²) >= 11 is 0. The Labute approximate surface area is 124 Å². The Balaban J connectivity index is 2.25. The third-order valence-electron chi connectivity index (χ3n) is 3.49. The number of rotatable bonds is 3. The van der Waals surface area contributed by atoms with Gasteiger partial charge in [0.1, 0.15) is 10.6 Å². The van der Waals surface area contributed by atoms with Crippen LogP contribution in [0.2, 0.25) is 0 Å². The summed E-state index contributed by atoms with van der Waals surface area (Å²) in [6.45, 7) is 2.82. The number of carbonyl (C=O) groups excluding carboxylic acids is 1. The number of methoxy groups -OCH3 is 1. The van der Waals surface area contributed by atoms with Gasteiger partial charge in [-0.3, -0.25) is 4.79 Å². The van der Waals surface area contributed by atoms with E-state index in [1.54, 1.807) is 4.90 Å². The first-order chi connectivity index (χ1) is 9.86. The molecule has 1 amide bonds. The van der Waals surface area contributed by atoms with Crippen molar-refractivity contribution in [2.45, 2.75) is 11.8 Å². The molecule has 1 saturated heterocycles. The van der Waals surface area contributed by atoms with Crippen LogP contribution in [0.15, 0.2) is 23.1 Å². The second-order valence-corrected chi connectivity index (χ2v) is 6.73. The maximum absolute atomic E-state index is 12.7. The van der Waals surface area contributed by atoms with Gasteiger partial charge >= 0.3 is 0 Å². The normalized spacial score (nSPS) is 16.8. The minimum atomic E-state index is -3.66. The number of amides is 1. The van der Waals surface area contributed by atoms with E-state index in [9.17, 15) is 13.2 Å². The molecule has 2 N–H and O–H groups in total. The number of nitrogens with two attached hydrogens (primary N) is 1. The minimum absolute atomic E-state index is 0.0443. The standard InChI is InChI=1S/C13H19N3O4S/c1-10(17)15-5-7-16(8-6-15)21(18,19)13-4-3-11(14)9-12(13)20-2/h3-4,9H,5-8,14H2,1-2H3. The van der Waals surface area contributed by atoms with E-state index in [1.807, 2.05) is 0 Å². The molecule has 21 heavy (non-hydrogen) atoms. The summed E-state index contributed by atoms with van der Waals surface area (Å²) in [7, 11) is -2.25. The molecule has 8 heteroatoms. The summed E-state index contributed by atoms with van der Waals surface area (Å²) in [6.07, 6.45) is 0. The lowest BCUT2D eigenvalue weighted by atomic mass is 10.3. The third kappa shape index (κ3) is 3.11. The van der Waals surface area contributed by atoms with Crippen molar-refractivity contribution in [3.8, 4) is 5.75 Å². The van der Waals surface area contributed by atoms with Gasteiger partial charge in [-0.25, -0.2) is 8.42 Å². The smallest absolute Gasteiger partial charge is 0.246 e. The zero-order valence-electron chi connectivity index (χ0n) is 12.1. The lowest BCUT2D eigenvalue weighted by Gasteiger charge is -2.33. The van der Waals surface area contributed by atoms with Crippen LogP contribution in [0, 0.1) is 0 Å². The summed E-state index contributed by atoms with van der Waals surface area (Å²) in [4.78, 5) is 13.0. The van der Waals surface area contributed by atoms with Gasteiger partial charge < -0.3 is 15.4 Å². The first kappa shape index (κ1) is 15.6.